The Morgan fingerprint density at radius 3 is 2.12 bits per heavy atom. The van der Waals surface area contributed by atoms with Gasteiger partial charge < -0.3 is 74.0 Å². The molecule has 0 radical (unpaired) electrons. The molecule has 49 heavy (non-hydrogen) atoms. The number of methoxy groups -OCH3 is 1. The van der Waals surface area contributed by atoms with Crippen LogP contribution in [0.15, 0.2) is 42.5 Å². The molecule has 0 amide bonds. The lowest BCUT2D eigenvalue weighted by Crippen LogP contribution is -2.65. The fourth-order valence-corrected chi connectivity index (χ4v) is 5.26. The second-order valence-corrected chi connectivity index (χ2v) is 11.4. The average Bonchev–Trinajstić information content (AvgIpc) is 3.06. The molecule has 2 aromatic carbocycles. The number of carbonyl (C=O) groups is 2. The van der Waals surface area contributed by atoms with E-state index in [2.05, 4.69) is 0 Å². The molecule has 270 valence electrons. The van der Waals surface area contributed by atoms with Crippen LogP contribution >= 0.6 is 0 Å². The molecule has 11 atom stereocenters. The van der Waals surface area contributed by atoms with Gasteiger partial charge in [0.2, 0.25) is 0 Å². The third-order valence-electron chi connectivity index (χ3n) is 7.90. The maximum absolute atomic E-state index is 13.1. The number of aromatic hydroxyl groups is 4. The zero-order valence-electron chi connectivity index (χ0n) is 26.6. The van der Waals surface area contributed by atoms with Crippen LogP contribution in [0.2, 0.25) is 0 Å². The molecule has 8 N–H and O–H groups in total. The highest BCUT2D eigenvalue weighted by Crippen LogP contribution is 2.35. The van der Waals surface area contributed by atoms with E-state index in [9.17, 15) is 50.4 Å². The number of aliphatic hydroxyl groups is 4. The lowest BCUT2D eigenvalue weighted by atomic mass is 9.96. The first-order chi connectivity index (χ1) is 23.2. The Balaban J connectivity index is 1.65. The topological polar surface area (TPSA) is 261 Å². The Hall–Kier alpha value is -4.04. The van der Waals surface area contributed by atoms with Crippen molar-refractivity contribution in [1.29, 1.82) is 0 Å². The van der Waals surface area contributed by atoms with Crippen molar-refractivity contribution in [2.24, 2.45) is 0 Å². The summed E-state index contributed by atoms with van der Waals surface area (Å²) in [6, 6.07) is 7.72. The smallest absolute Gasteiger partial charge is 0.331 e. The maximum atomic E-state index is 13.1. The highest BCUT2D eigenvalue weighted by molar-refractivity contribution is 5.87. The fraction of sp³-hybridized carbons (Fsp3) is 0.500. The van der Waals surface area contributed by atoms with E-state index in [0.29, 0.717) is 11.1 Å². The molecule has 2 aliphatic rings. The fourth-order valence-electron chi connectivity index (χ4n) is 5.26. The number of hydrogen-bond donors (Lipinski definition) is 8. The van der Waals surface area contributed by atoms with Crippen LogP contribution in [-0.4, -0.2) is 135 Å². The summed E-state index contributed by atoms with van der Waals surface area (Å²) in [7, 11) is 1.34. The van der Waals surface area contributed by atoms with Crippen molar-refractivity contribution in [2.45, 2.75) is 81.4 Å². The predicted molar refractivity (Wildman–Crippen MR) is 163 cm³/mol. The van der Waals surface area contributed by atoms with Crippen molar-refractivity contribution < 1.29 is 83.6 Å². The van der Waals surface area contributed by atoms with Gasteiger partial charge in [-0.25, -0.2) is 4.79 Å². The van der Waals surface area contributed by atoms with Crippen molar-refractivity contribution in [3.8, 4) is 23.0 Å². The van der Waals surface area contributed by atoms with Gasteiger partial charge in [0.05, 0.1) is 19.3 Å². The van der Waals surface area contributed by atoms with Gasteiger partial charge in [-0.05, 0) is 48.4 Å². The van der Waals surface area contributed by atoms with Gasteiger partial charge in [-0.1, -0.05) is 12.1 Å². The molecule has 2 saturated heterocycles. The van der Waals surface area contributed by atoms with Crippen LogP contribution in [0.25, 0.3) is 6.08 Å². The van der Waals surface area contributed by atoms with E-state index < -0.39 is 97.6 Å². The second-order valence-electron chi connectivity index (χ2n) is 11.4. The molecule has 1 unspecified atom stereocenters. The molecule has 2 aliphatic heterocycles. The first kappa shape index (κ1) is 37.8. The first-order valence-electron chi connectivity index (χ1n) is 15.1. The number of phenols is 4. The third-order valence-corrected chi connectivity index (χ3v) is 7.90. The first-order valence-corrected chi connectivity index (χ1v) is 15.1. The summed E-state index contributed by atoms with van der Waals surface area (Å²) in [6.45, 7) is 1.35. The molecular weight excluding hydrogens is 656 g/mol. The van der Waals surface area contributed by atoms with E-state index in [4.69, 9.17) is 33.2 Å². The Morgan fingerprint density at radius 1 is 0.837 bits per heavy atom. The molecule has 17 nitrogen and oxygen atoms in total. The van der Waals surface area contributed by atoms with Crippen LogP contribution < -0.4 is 0 Å². The molecule has 4 rings (SSSR count). The van der Waals surface area contributed by atoms with Crippen LogP contribution in [0.5, 0.6) is 23.0 Å². The van der Waals surface area contributed by atoms with E-state index in [0.717, 1.165) is 13.0 Å². The zero-order chi connectivity index (χ0) is 36.0. The largest absolute Gasteiger partial charge is 0.504 e. The van der Waals surface area contributed by atoms with E-state index >= 15 is 0 Å². The zero-order valence-corrected chi connectivity index (χ0v) is 26.6. The molecule has 0 aliphatic carbocycles. The van der Waals surface area contributed by atoms with Gasteiger partial charge >= 0.3 is 11.9 Å². The van der Waals surface area contributed by atoms with Gasteiger partial charge in [-0.2, -0.15) is 0 Å². The number of phenolic OH excluding ortho intramolecular Hbond substituents is 4. The van der Waals surface area contributed by atoms with Crippen molar-refractivity contribution in [3.63, 3.8) is 0 Å². The molecule has 0 saturated carbocycles. The Morgan fingerprint density at radius 2 is 1.51 bits per heavy atom. The Bertz CT molecular complexity index is 1470. The lowest BCUT2D eigenvalue weighted by molar-refractivity contribution is -0.359. The summed E-state index contributed by atoms with van der Waals surface area (Å²) in [4.78, 5) is 25.4. The molecule has 2 aromatic rings. The number of aliphatic hydroxyl groups excluding tert-OH is 4. The maximum Gasteiger partial charge on any atom is 0.331 e. The third kappa shape index (κ3) is 9.15. The molecule has 0 bridgehead atoms. The monoisotopic (exact) mass is 696 g/mol. The van der Waals surface area contributed by atoms with E-state index in [1.165, 1.54) is 56.5 Å². The summed E-state index contributed by atoms with van der Waals surface area (Å²) >= 11 is 0. The number of rotatable bonds is 12. The molecular formula is C32H40O17. The van der Waals surface area contributed by atoms with Gasteiger partial charge in [-0.15, -0.1) is 0 Å². The van der Waals surface area contributed by atoms with Crippen molar-refractivity contribution in [3.05, 3.63) is 53.6 Å². The van der Waals surface area contributed by atoms with Gasteiger partial charge in [0, 0.05) is 20.1 Å². The van der Waals surface area contributed by atoms with Crippen LogP contribution in [-0.2, 0) is 42.7 Å². The van der Waals surface area contributed by atoms with Crippen LogP contribution in [0, 0.1) is 0 Å². The number of carbonyl (C=O) groups excluding carboxylic acids is 2. The number of ether oxygens (including phenoxy) is 7. The van der Waals surface area contributed by atoms with Crippen LogP contribution in [0.4, 0.5) is 0 Å². The highest BCUT2D eigenvalue weighted by Gasteiger charge is 2.54. The minimum absolute atomic E-state index is 0.305. The summed E-state index contributed by atoms with van der Waals surface area (Å²) < 4.78 is 40.0. The standard InChI is InChI=1S/C32H40O17/c1-14-25(40)26(41)27(42)31(45-14)49-29-28(48-24(39)9-5-16-4-7-18(35)20(37)10-16)22(12-33)47-32(30(29)46-15(2)34)44-13-23(43-3)17-6-8-19(36)21(38)11-17/h4-11,14,22-23,25-33,35-38,40-42H,12-13H2,1-3H3/b9-5+/t14-,22+,23?,25-,26+,27+,28+,29-,30+,31-,32+/m0/s1. The molecule has 0 spiro atoms. The summed E-state index contributed by atoms with van der Waals surface area (Å²) in [6.07, 6.45) is -14.2. The number of esters is 2. The second kappa shape index (κ2) is 16.6. The minimum atomic E-state index is -1.84. The number of hydrogen-bond acceptors (Lipinski definition) is 17. The highest BCUT2D eigenvalue weighted by atomic mass is 16.8. The van der Waals surface area contributed by atoms with Gasteiger partial charge in [0.25, 0.3) is 0 Å². The van der Waals surface area contributed by atoms with E-state index in [1.807, 2.05) is 0 Å². The minimum Gasteiger partial charge on any atom is -0.504 e. The van der Waals surface area contributed by atoms with Crippen LogP contribution in [0.1, 0.15) is 31.1 Å². The van der Waals surface area contributed by atoms with Crippen LogP contribution in [0.3, 0.4) is 0 Å². The molecule has 0 aromatic heterocycles. The number of benzene rings is 2. The van der Waals surface area contributed by atoms with E-state index in [1.54, 1.807) is 0 Å². The van der Waals surface area contributed by atoms with E-state index in [-0.39, 0.29) is 18.1 Å². The summed E-state index contributed by atoms with van der Waals surface area (Å²) in [5.74, 6) is -3.49. The normalized spacial score (nSPS) is 30.9. The predicted octanol–water partition coefficient (Wildman–Crippen LogP) is -0.300. The average molecular weight is 697 g/mol. The summed E-state index contributed by atoms with van der Waals surface area (Å²) in [5, 5.41) is 80.6. The molecule has 2 heterocycles. The van der Waals surface area contributed by atoms with Crippen molar-refractivity contribution in [1.82, 2.24) is 0 Å². The van der Waals surface area contributed by atoms with Crippen molar-refractivity contribution in [2.75, 3.05) is 20.3 Å². The van der Waals surface area contributed by atoms with Gasteiger partial charge in [0.15, 0.2) is 47.8 Å². The van der Waals surface area contributed by atoms with Crippen molar-refractivity contribution >= 4 is 18.0 Å². The molecule has 17 heteroatoms. The Labute approximate surface area is 280 Å². The molecule has 2 fully saturated rings. The quantitative estimate of drug-likeness (QED) is 0.0805. The SMILES string of the molecule is COC(CO[C@@H]1O[C@H](CO)[C@@H](OC(=O)/C=C/c2ccc(O)c(O)c2)[C@H](O[C@@H]2O[C@@H](C)[C@H](O)[C@@H](O)[C@H]2O)[C@H]1OC(C)=O)c1ccc(O)c(O)c1. The Kier molecular flexibility index (Phi) is 12.8. The van der Waals surface area contributed by atoms with Gasteiger partial charge in [-0.3, -0.25) is 4.79 Å². The van der Waals surface area contributed by atoms with Gasteiger partial charge in [0.1, 0.15) is 36.6 Å². The summed E-state index contributed by atoms with van der Waals surface area (Å²) in [5.41, 5.74) is 0.685. The lowest BCUT2D eigenvalue weighted by Gasteiger charge is -2.47.